The summed E-state index contributed by atoms with van der Waals surface area (Å²) in [5.41, 5.74) is 1.69. The van der Waals surface area contributed by atoms with Gasteiger partial charge in [0.1, 0.15) is 0 Å². The van der Waals surface area contributed by atoms with Gasteiger partial charge in [-0.25, -0.2) is 4.98 Å². The largest absolute Gasteiger partial charge is 0.483 e. The van der Waals surface area contributed by atoms with Crippen molar-refractivity contribution in [2.24, 2.45) is 12.5 Å². The fraction of sp³-hybridized carbons (Fsp3) is 0.429. The van der Waals surface area contributed by atoms with Crippen molar-refractivity contribution in [2.45, 2.75) is 13.0 Å². The lowest BCUT2D eigenvalue weighted by Gasteiger charge is -2.51. The molecule has 2 N–H and O–H groups in total. The zero-order valence-electron chi connectivity index (χ0n) is 17.3. The molecule has 2 fully saturated rings. The fourth-order valence-corrected chi connectivity index (χ4v) is 4.28. The predicted molar refractivity (Wildman–Crippen MR) is 114 cm³/mol. The van der Waals surface area contributed by atoms with Crippen LogP contribution in [-0.2, 0) is 34.4 Å². The first kappa shape index (κ1) is 22.8. The van der Waals surface area contributed by atoms with Crippen molar-refractivity contribution in [3.05, 3.63) is 53.1 Å². The minimum absolute atomic E-state index is 0.0681. The van der Waals surface area contributed by atoms with Gasteiger partial charge in [-0.3, -0.25) is 19.3 Å². The number of nitrogens with one attached hydrogen (secondary N) is 1. The maximum atomic E-state index is 13.4. The normalized spacial score (nSPS) is 17.7. The molecule has 0 bridgehead atoms. The third-order valence-corrected chi connectivity index (χ3v) is 5.84. The van der Waals surface area contributed by atoms with Crippen LogP contribution in [0.15, 0.2) is 36.8 Å². The molecule has 0 unspecified atom stereocenters. The Morgan fingerprint density at radius 1 is 1.32 bits per heavy atom. The average molecular weight is 448 g/mol. The molecule has 3 heterocycles. The van der Waals surface area contributed by atoms with E-state index in [-0.39, 0.29) is 24.8 Å². The molecular formula is C21H26ClN5O4. The number of benzene rings is 1. The third-order valence-electron chi connectivity index (χ3n) is 5.59. The number of carbonyl (C=O) groups excluding carboxylic acids is 2. The van der Waals surface area contributed by atoms with Crippen molar-refractivity contribution >= 4 is 29.9 Å². The highest BCUT2D eigenvalue weighted by Gasteiger charge is 2.51. The molecule has 0 atom stereocenters. The summed E-state index contributed by atoms with van der Waals surface area (Å²) in [7, 11) is 1.97. The maximum absolute atomic E-state index is 13.4. The molecule has 2 amide bonds. The summed E-state index contributed by atoms with van der Waals surface area (Å²) in [6.45, 7) is 3.06. The summed E-state index contributed by atoms with van der Waals surface area (Å²) in [5, 5.41) is 10.4. The number of carboxylic acid groups (broad SMARTS) is 1. The summed E-state index contributed by atoms with van der Waals surface area (Å²) < 4.78 is 2.00. The van der Waals surface area contributed by atoms with Crippen molar-refractivity contribution < 1.29 is 19.5 Å². The molecule has 1 aromatic heterocycles. The van der Waals surface area contributed by atoms with Crippen molar-refractivity contribution in [3.8, 4) is 0 Å². The van der Waals surface area contributed by atoms with Crippen LogP contribution in [0.25, 0.3) is 0 Å². The van der Waals surface area contributed by atoms with Crippen LogP contribution < -0.4 is 5.32 Å². The van der Waals surface area contributed by atoms with Crippen molar-refractivity contribution in [2.75, 3.05) is 32.7 Å². The van der Waals surface area contributed by atoms with E-state index >= 15 is 0 Å². The number of aryl methyl sites for hydroxylation is 1. The second-order valence-electron chi connectivity index (χ2n) is 7.91. The Hall–Kier alpha value is -2.91. The van der Waals surface area contributed by atoms with Gasteiger partial charge in [0.05, 0.1) is 24.0 Å². The van der Waals surface area contributed by atoms with Gasteiger partial charge in [-0.1, -0.05) is 23.7 Å². The van der Waals surface area contributed by atoms with Crippen LogP contribution in [0.5, 0.6) is 0 Å². The molecule has 2 aromatic rings. The number of amides is 2. The zero-order chi connectivity index (χ0) is 22.4. The van der Waals surface area contributed by atoms with E-state index in [1.807, 2.05) is 42.1 Å². The SMILES string of the molecule is Cn1cncc1CN1CC(Cc2ccc(Cl)cc2)(C(=O)N2CCNC(=O)C2)C1.O=CO. The number of halogens is 1. The van der Waals surface area contributed by atoms with Gasteiger partial charge in [-0.2, -0.15) is 0 Å². The first-order valence-electron chi connectivity index (χ1n) is 9.93. The molecule has 0 saturated carbocycles. The molecule has 166 valence electrons. The summed E-state index contributed by atoms with van der Waals surface area (Å²) in [6, 6.07) is 7.67. The summed E-state index contributed by atoms with van der Waals surface area (Å²) in [4.78, 5) is 41.7. The number of aromatic nitrogens is 2. The predicted octanol–water partition coefficient (Wildman–Crippen LogP) is 0.777. The Kier molecular flexibility index (Phi) is 7.29. The lowest BCUT2D eigenvalue weighted by atomic mass is 9.73. The summed E-state index contributed by atoms with van der Waals surface area (Å²) in [5.74, 6) is -0.0223. The second kappa shape index (κ2) is 9.93. The quantitative estimate of drug-likeness (QED) is 0.656. The molecule has 10 heteroatoms. The molecule has 2 saturated heterocycles. The van der Waals surface area contributed by atoms with E-state index in [1.54, 1.807) is 11.2 Å². The van der Waals surface area contributed by atoms with Gasteiger partial charge in [0.25, 0.3) is 6.47 Å². The summed E-state index contributed by atoms with van der Waals surface area (Å²) >= 11 is 6.01. The molecule has 9 nitrogen and oxygen atoms in total. The Labute approximate surface area is 185 Å². The van der Waals surface area contributed by atoms with E-state index in [4.69, 9.17) is 21.5 Å². The number of imidazole rings is 1. The van der Waals surface area contributed by atoms with Gasteiger partial charge in [-0.15, -0.1) is 0 Å². The lowest BCUT2D eigenvalue weighted by molar-refractivity contribution is -0.157. The standard InChI is InChI=1S/C20H24ClN5O2.CH2O2/c1-24-14-22-9-17(24)10-25-12-20(13-25,8-15-2-4-16(21)5-3-15)19(28)26-7-6-23-18(27)11-26;2-1-3/h2-5,9,14H,6-8,10-13H2,1H3,(H,23,27);1H,(H,2,3). The molecule has 1 aromatic carbocycles. The molecule has 0 spiro atoms. The first-order valence-corrected chi connectivity index (χ1v) is 10.3. The fourth-order valence-electron chi connectivity index (χ4n) is 4.15. The highest BCUT2D eigenvalue weighted by molar-refractivity contribution is 6.30. The van der Waals surface area contributed by atoms with Crippen LogP contribution in [0.1, 0.15) is 11.3 Å². The van der Waals surface area contributed by atoms with E-state index in [0.717, 1.165) is 17.8 Å². The second-order valence-corrected chi connectivity index (χ2v) is 8.34. The van der Waals surface area contributed by atoms with Crippen LogP contribution >= 0.6 is 11.6 Å². The topological polar surface area (TPSA) is 108 Å². The smallest absolute Gasteiger partial charge is 0.290 e. The van der Waals surface area contributed by atoms with Gasteiger partial charge in [0.15, 0.2) is 0 Å². The highest BCUT2D eigenvalue weighted by Crippen LogP contribution is 2.37. The lowest BCUT2D eigenvalue weighted by Crippen LogP contribution is -2.66. The number of rotatable bonds is 5. The van der Waals surface area contributed by atoms with Gasteiger partial charge < -0.3 is 19.9 Å². The number of hydrogen-bond acceptors (Lipinski definition) is 5. The molecule has 31 heavy (non-hydrogen) atoms. The molecule has 0 aliphatic carbocycles. The number of hydrogen-bond donors (Lipinski definition) is 2. The third kappa shape index (κ3) is 5.42. The Balaban J connectivity index is 0.000000858. The van der Waals surface area contributed by atoms with E-state index in [9.17, 15) is 9.59 Å². The molecule has 0 radical (unpaired) electrons. The Morgan fingerprint density at radius 2 is 2.00 bits per heavy atom. The number of likely N-dealkylation sites (tertiary alicyclic amines) is 1. The molecule has 4 rings (SSSR count). The van der Waals surface area contributed by atoms with Crippen LogP contribution in [0.2, 0.25) is 5.02 Å². The van der Waals surface area contributed by atoms with Crippen molar-refractivity contribution in [1.29, 1.82) is 0 Å². The molecule has 2 aliphatic rings. The van der Waals surface area contributed by atoms with E-state index < -0.39 is 5.41 Å². The highest BCUT2D eigenvalue weighted by atomic mass is 35.5. The van der Waals surface area contributed by atoms with Crippen LogP contribution in [-0.4, -0.2) is 75.5 Å². The number of piperazine rings is 1. The minimum Gasteiger partial charge on any atom is -0.483 e. The van der Waals surface area contributed by atoms with Crippen molar-refractivity contribution in [1.82, 2.24) is 24.7 Å². The minimum atomic E-state index is -0.510. The van der Waals surface area contributed by atoms with Crippen LogP contribution in [0, 0.1) is 5.41 Å². The number of nitrogens with zero attached hydrogens (tertiary/aromatic N) is 4. The van der Waals surface area contributed by atoms with E-state index in [2.05, 4.69) is 15.2 Å². The average Bonchev–Trinajstić information content (AvgIpc) is 3.12. The van der Waals surface area contributed by atoms with Gasteiger partial charge in [-0.05, 0) is 24.1 Å². The molecule has 2 aliphatic heterocycles. The molecular weight excluding hydrogens is 422 g/mol. The van der Waals surface area contributed by atoms with E-state index in [1.165, 1.54) is 0 Å². The van der Waals surface area contributed by atoms with Crippen LogP contribution in [0.3, 0.4) is 0 Å². The van der Waals surface area contributed by atoms with Crippen LogP contribution in [0.4, 0.5) is 0 Å². The monoisotopic (exact) mass is 447 g/mol. The van der Waals surface area contributed by atoms with Crippen molar-refractivity contribution in [3.63, 3.8) is 0 Å². The van der Waals surface area contributed by atoms with Gasteiger partial charge >= 0.3 is 0 Å². The summed E-state index contributed by atoms with van der Waals surface area (Å²) in [6.07, 6.45) is 4.28. The number of carbonyl (C=O) groups is 3. The van der Waals surface area contributed by atoms with E-state index in [0.29, 0.717) is 37.6 Å². The van der Waals surface area contributed by atoms with Gasteiger partial charge in [0, 0.05) is 51.0 Å². The zero-order valence-corrected chi connectivity index (χ0v) is 18.1. The Bertz CT molecular complexity index is 924. The Morgan fingerprint density at radius 3 is 2.58 bits per heavy atom. The van der Waals surface area contributed by atoms with Gasteiger partial charge in [0.2, 0.25) is 11.8 Å². The first-order chi connectivity index (χ1) is 14.9. The maximum Gasteiger partial charge on any atom is 0.290 e.